The van der Waals surface area contributed by atoms with Gasteiger partial charge in [-0.2, -0.15) is 0 Å². The van der Waals surface area contributed by atoms with Crippen LogP contribution in [0.1, 0.15) is 5.56 Å². The normalized spacial score (nSPS) is 16.2. The number of rotatable bonds is 5. The molecule has 0 unspecified atom stereocenters. The average molecular weight is 477 g/mol. The van der Waals surface area contributed by atoms with Gasteiger partial charge in [-0.15, -0.1) is 0 Å². The van der Waals surface area contributed by atoms with Gasteiger partial charge in [0, 0.05) is 50.3 Å². The highest BCUT2D eigenvalue weighted by atomic mass is 35.5. The van der Waals surface area contributed by atoms with Gasteiger partial charge in [-0.3, -0.25) is 4.90 Å². The lowest BCUT2D eigenvalue weighted by molar-refractivity contribution is 0.248. The predicted octanol–water partition coefficient (Wildman–Crippen LogP) is 3.12. The van der Waals surface area contributed by atoms with Crippen LogP contribution < -0.4 is 4.90 Å². The maximum absolute atomic E-state index is 12.1. The number of sulfone groups is 2. The number of hydrogen-bond donors (Lipinski definition) is 0. The first-order valence-electron chi connectivity index (χ1n) is 8.90. The lowest BCUT2D eigenvalue weighted by Crippen LogP contribution is -2.46. The lowest BCUT2D eigenvalue weighted by Gasteiger charge is -2.36. The molecule has 0 saturated carbocycles. The first-order chi connectivity index (χ1) is 13.4. The Morgan fingerprint density at radius 1 is 0.862 bits per heavy atom. The maximum Gasteiger partial charge on any atom is 0.175 e. The first kappa shape index (κ1) is 22.4. The van der Waals surface area contributed by atoms with Crippen LogP contribution in [0.5, 0.6) is 0 Å². The predicted molar refractivity (Wildman–Crippen MR) is 117 cm³/mol. The smallest absolute Gasteiger partial charge is 0.175 e. The summed E-state index contributed by atoms with van der Waals surface area (Å²) in [5.74, 6) is 0. The van der Waals surface area contributed by atoms with Crippen molar-refractivity contribution >= 4 is 48.6 Å². The molecular formula is C19H22Cl2N2O4S2. The minimum absolute atomic E-state index is 0.195. The summed E-state index contributed by atoms with van der Waals surface area (Å²) in [6.07, 6.45) is 2.33. The number of benzene rings is 2. The molecule has 2 aromatic rings. The molecule has 10 heteroatoms. The van der Waals surface area contributed by atoms with Crippen LogP contribution >= 0.6 is 23.2 Å². The third-order valence-electron chi connectivity index (χ3n) is 4.88. The van der Waals surface area contributed by atoms with E-state index >= 15 is 0 Å². The fourth-order valence-corrected chi connectivity index (χ4v) is 5.57. The van der Waals surface area contributed by atoms with E-state index in [1.54, 1.807) is 24.3 Å². The number of hydrogen-bond acceptors (Lipinski definition) is 6. The Hall–Kier alpha value is -1.32. The molecule has 1 aliphatic rings. The van der Waals surface area contributed by atoms with Crippen molar-refractivity contribution in [1.82, 2.24) is 4.90 Å². The van der Waals surface area contributed by atoms with Gasteiger partial charge in [0.05, 0.1) is 20.5 Å². The fourth-order valence-electron chi connectivity index (χ4n) is 3.37. The molecule has 0 aromatic heterocycles. The monoisotopic (exact) mass is 476 g/mol. The summed E-state index contributed by atoms with van der Waals surface area (Å²) in [4.78, 5) is 4.73. The van der Waals surface area contributed by atoms with Crippen molar-refractivity contribution < 1.29 is 16.8 Å². The van der Waals surface area contributed by atoms with E-state index in [1.807, 2.05) is 0 Å². The maximum atomic E-state index is 12.1. The largest absolute Gasteiger partial charge is 0.368 e. The van der Waals surface area contributed by atoms with E-state index in [0.717, 1.165) is 30.6 Å². The third-order valence-corrected chi connectivity index (χ3v) is 7.71. The van der Waals surface area contributed by atoms with Crippen molar-refractivity contribution in [2.45, 2.75) is 16.3 Å². The zero-order valence-electron chi connectivity index (χ0n) is 16.1. The summed E-state index contributed by atoms with van der Waals surface area (Å²) in [5, 5.41) is 0.796. The van der Waals surface area contributed by atoms with Crippen molar-refractivity contribution in [2.75, 3.05) is 43.6 Å². The van der Waals surface area contributed by atoms with Crippen LogP contribution in [0.4, 0.5) is 5.69 Å². The Labute approximate surface area is 181 Å². The van der Waals surface area contributed by atoms with Gasteiger partial charge >= 0.3 is 0 Å². The molecular weight excluding hydrogens is 455 g/mol. The standard InChI is InChI=1S/C19H22Cl2N2O4S2/c1-28(24,25)16-5-6-18(17(21)12-16)23-9-7-22(8-10-23)13-14-3-4-15(20)11-19(14)29(2,26)27/h3-6,11-12H,7-10,13H2,1-2H3. The van der Waals surface area contributed by atoms with Crippen LogP contribution in [0, 0.1) is 0 Å². The minimum atomic E-state index is -3.37. The van der Waals surface area contributed by atoms with Crippen LogP contribution in [0.2, 0.25) is 10.0 Å². The van der Waals surface area contributed by atoms with Crippen LogP contribution in [0.25, 0.3) is 0 Å². The molecule has 0 radical (unpaired) electrons. The van der Waals surface area contributed by atoms with Crippen molar-refractivity contribution in [1.29, 1.82) is 0 Å². The fraction of sp³-hybridized carbons (Fsp3) is 0.368. The van der Waals surface area contributed by atoms with Crippen molar-refractivity contribution in [2.24, 2.45) is 0 Å². The Kier molecular flexibility index (Phi) is 6.50. The molecule has 3 rings (SSSR count). The van der Waals surface area contributed by atoms with Gasteiger partial charge in [-0.05, 0) is 35.9 Å². The molecule has 2 aromatic carbocycles. The zero-order valence-corrected chi connectivity index (χ0v) is 19.2. The SMILES string of the molecule is CS(=O)(=O)c1ccc(N2CCN(Cc3ccc(Cl)cc3S(C)(=O)=O)CC2)c(Cl)c1. The minimum Gasteiger partial charge on any atom is -0.368 e. The molecule has 158 valence electrons. The topological polar surface area (TPSA) is 74.8 Å². The molecule has 0 aliphatic carbocycles. The quantitative estimate of drug-likeness (QED) is 0.659. The van der Waals surface area contributed by atoms with Gasteiger partial charge < -0.3 is 4.90 Å². The van der Waals surface area contributed by atoms with Crippen LogP contribution in [0.3, 0.4) is 0 Å². The van der Waals surface area contributed by atoms with E-state index in [9.17, 15) is 16.8 Å². The highest BCUT2D eigenvalue weighted by molar-refractivity contribution is 7.91. The van der Waals surface area contributed by atoms with E-state index < -0.39 is 19.7 Å². The highest BCUT2D eigenvalue weighted by Gasteiger charge is 2.22. The summed E-state index contributed by atoms with van der Waals surface area (Å²) < 4.78 is 47.5. The van der Waals surface area contributed by atoms with Crippen LogP contribution in [0.15, 0.2) is 46.2 Å². The molecule has 1 fully saturated rings. The molecule has 0 spiro atoms. The molecule has 1 aliphatic heterocycles. The van der Waals surface area contributed by atoms with Gasteiger partial charge in [0.15, 0.2) is 19.7 Å². The lowest BCUT2D eigenvalue weighted by atomic mass is 10.2. The number of nitrogens with zero attached hydrogens (tertiary/aromatic N) is 2. The van der Waals surface area contributed by atoms with Crippen molar-refractivity contribution in [3.05, 3.63) is 52.0 Å². The summed E-state index contributed by atoms with van der Waals surface area (Å²) in [5.41, 5.74) is 1.52. The second-order valence-electron chi connectivity index (χ2n) is 7.17. The number of halogens is 2. The summed E-state index contributed by atoms with van der Waals surface area (Å²) >= 11 is 12.3. The Bertz CT molecular complexity index is 1130. The van der Waals surface area contributed by atoms with Gasteiger partial charge in [-0.25, -0.2) is 16.8 Å². The summed E-state index contributed by atoms with van der Waals surface area (Å²) in [6, 6.07) is 9.72. The van der Waals surface area contributed by atoms with Crippen molar-refractivity contribution in [3.8, 4) is 0 Å². The van der Waals surface area contributed by atoms with E-state index in [4.69, 9.17) is 23.2 Å². The summed E-state index contributed by atoms with van der Waals surface area (Å²) in [7, 11) is -6.68. The average Bonchev–Trinajstić information content (AvgIpc) is 2.62. The van der Waals surface area contributed by atoms with Gasteiger partial charge in [0.2, 0.25) is 0 Å². The zero-order chi connectivity index (χ0) is 21.4. The number of anilines is 1. The summed E-state index contributed by atoms with van der Waals surface area (Å²) in [6.45, 7) is 3.33. The molecule has 0 atom stereocenters. The third kappa shape index (κ3) is 5.44. The van der Waals surface area contributed by atoms with Crippen LogP contribution in [-0.4, -0.2) is 60.4 Å². The molecule has 29 heavy (non-hydrogen) atoms. The number of piperazine rings is 1. The molecule has 0 amide bonds. The Morgan fingerprint density at radius 3 is 2.07 bits per heavy atom. The van der Waals surface area contributed by atoms with Crippen molar-refractivity contribution in [3.63, 3.8) is 0 Å². The van der Waals surface area contributed by atoms with E-state index in [2.05, 4.69) is 9.80 Å². The molecule has 1 saturated heterocycles. The van der Waals surface area contributed by atoms with Crippen LogP contribution in [-0.2, 0) is 26.2 Å². The van der Waals surface area contributed by atoms with Gasteiger partial charge in [0.1, 0.15) is 0 Å². The first-order valence-corrected chi connectivity index (χ1v) is 13.4. The second kappa shape index (κ2) is 8.43. The van der Waals surface area contributed by atoms with Gasteiger partial charge in [-0.1, -0.05) is 29.3 Å². The van der Waals surface area contributed by atoms with Gasteiger partial charge in [0.25, 0.3) is 0 Å². The van der Waals surface area contributed by atoms with E-state index in [0.29, 0.717) is 29.7 Å². The van der Waals surface area contributed by atoms with E-state index in [1.165, 1.54) is 18.4 Å². The molecule has 0 N–H and O–H groups in total. The molecule has 0 bridgehead atoms. The molecule has 1 heterocycles. The Balaban J connectivity index is 1.71. The highest BCUT2D eigenvalue weighted by Crippen LogP contribution is 2.30. The second-order valence-corrected chi connectivity index (χ2v) is 12.0. The Morgan fingerprint density at radius 2 is 1.52 bits per heavy atom. The van der Waals surface area contributed by atoms with E-state index in [-0.39, 0.29) is 9.79 Å². The molecule has 6 nitrogen and oxygen atoms in total.